The van der Waals surface area contributed by atoms with E-state index in [-0.39, 0.29) is 24.0 Å². The molecule has 1 saturated heterocycles. The number of hydrogen-bond donors (Lipinski definition) is 1. The van der Waals surface area contributed by atoms with Crippen molar-refractivity contribution in [2.45, 2.75) is 13.0 Å². The van der Waals surface area contributed by atoms with Crippen molar-refractivity contribution < 1.29 is 0 Å². The molecule has 0 unspecified atom stereocenters. The van der Waals surface area contributed by atoms with Crippen LogP contribution in [0.2, 0.25) is 0 Å². The first kappa shape index (κ1) is 20.9. The van der Waals surface area contributed by atoms with Gasteiger partial charge >= 0.3 is 0 Å². The van der Waals surface area contributed by atoms with Gasteiger partial charge in [0, 0.05) is 58.2 Å². The van der Waals surface area contributed by atoms with Crippen molar-refractivity contribution in [1.82, 2.24) is 15.2 Å². The molecule has 2 aromatic rings. The van der Waals surface area contributed by atoms with Crippen LogP contribution in [0.4, 0.5) is 11.5 Å². The number of nitrogens with one attached hydrogen (secondary N) is 1. The third kappa shape index (κ3) is 4.57. The van der Waals surface area contributed by atoms with Crippen LogP contribution < -0.4 is 15.1 Å². The summed E-state index contributed by atoms with van der Waals surface area (Å²) in [6.45, 7) is 5.97. The lowest BCUT2D eigenvalue weighted by Crippen LogP contribution is -2.44. The molecule has 0 aliphatic carbocycles. The smallest absolute Gasteiger partial charge is 0.198 e. The SMILES string of the molecule is CN=C(NCc1ccc(N2CCN(C)CC2)nc1)N1CCc2ccccc21.I. The molecule has 28 heavy (non-hydrogen) atoms. The number of benzene rings is 1. The Morgan fingerprint density at radius 2 is 1.86 bits per heavy atom. The third-order valence-corrected chi connectivity index (χ3v) is 5.44. The summed E-state index contributed by atoms with van der Waals surface area (Å²) in [4.78, 5) is 16.1. The predicted molar refractivity (Wildman–Crippen MR) is 127 cm³/mol. The van der Waals surface area contributed by atoms with Crippen LogP contribution in [-0.2, 0) is 13.0 Å². The van der Waals surface area contributed by atoms with Gasteiger partial charge in [-0.2, -0.15) is 0 Å². The first-order valence-corrected chi connectivity index (χ1v) is 9.69. The van der Waals surface area contributed by atoms with Gasteiger partial charge in [0.05, 0.1) is 0 Å². The van der Waals surface area contributed by atoms with Gasteiger partial charge < -0.3 is 20.0 Å². The quantitative estimate of drug-likeness (QED) is 0.406. The van der Waals surface area contributed by atoms with Gasteiger partial charge in [-0.25, -0.2) is 4.98 Å². The summed E-state index contributed by atoms with van der Waals surface area (Å²) in [5.41, 5.74) is 3.81. The van der Waals surface area contributed by atoms with Gasteiger partial charge in [0.15, 0.2) is 5.96 Å². The number of rotatable bonds is 3. The molecule has 1 aromatic heterocycles. The molecular weight excluding hydrogens is 463 g/mol. The van der Waals surface area contributed by atoms with Crippen LogP contribution in [0.25, 0.3) is 0 Å². The monoisotopic (exact) mass is 492 g/mol. The topological polar surface area (TPSA) is 47.0 Å². The van der Waals surface area contributed by atoms with Crippen molar-refractivity contribution in [2.75, 3.05) is 56.6 Å². The fourth-order valence-electron chi connectivity index (χ4n) is 3.78. The zero-order valence-corrected chi connectivity index (χ0v) is 19.0. The number of guanidine groups is 1. The van der Waals surface area contributed by atoms with E-state index in [1.165, 1.54) is 16.8 Å². The largest absolute Gasteiger partial charge is 0.354 e. The number of hydrogen-bond acceptors (Lipinski definition) is 4. The number of likely N-dealkylation sites (N-methyl/N-ethyl adjacent to an activating group) is 1. The Balaban J connectivity index is 0.00000225. The first-order valence-electron chi connectivity index (χ1n) is 9.69. The average molecular weight is 492 g/mol. The Hall–Kier alpha value is -1.87. The van der Waals surface area contributed by atoms with E-state index >= 15 is 0 Å². The number of fused-ring (bicyclic) bond motifs is 1. The number of aromatic nitrogens is 1. The molecule has 0 bridgehead atoms. The molecule has 0 atom stereocenters. The lowest BCUT2D eigenvalue weighted by Gasteiger charge is -2.33. The summed E-state index contributed by atoms with van der Waals surface area (Å²) in [7, 11) is 4.02. The molecule has 150 valence electrons. The number of anilines is 2. The fraction of sp³-hybridized carbons (Fsp3) is 0.429. The first-order chi connectivity index (χ1) is 13.2. The lowest BCUT2D eigenvalue weighted by molar-refractivity contribution is 0.312. The van der Waals surface area contributed by atoms with E-state index in [9.17, 15) is 0 Å². The molecule has 0 spiro atoms. The maximum absolute atomic E-state index is 4.68. The highest BCUT2D eigenvalue weighted by Gasteiger charge is 2.22. The lowest BCUT2D eigenvalue weighted by atomic mass is 10.2. The minimum Gasteiger partial charge on any atom is -0.354 e. The van der Waals surface area contributed by atoms with Crippen LogP contribution in [-0.4, -0.2) is 62.7 Å². The Morgan fingerprint density at radius 1 is 1.07 bits per heavy atom. The normalized spacial score (nSPS) is 17.3. The second-order valence-electron chi connectivity index (χ2n) is 7.25. The fourth-order valence-corrected chi connectivity index (χ4v) is 3.78. The number of para-hydroxylation sites is 1. The van der Waals surface area contributed by atoms with Gasteiger partial charge in [-0.3, -0.25) is 4.99 Å². The number of aliphatic imine (C=N–C) groups is 1. The van der Waals surface area contributed by atoms with Gasteiger partial charge in [0.1, 0.15) is 5.82 Å². The van der Waals surface area contributed by atoms with Crippen molar-refractivity contribution in [2.24, 2.45) is 4.99 Å². The van der Waals surface area contributed by atoms with Crippen molar-refractivity contribution in [1.29, 1.82) is 0 Å². The molecule has 1 N–H and O–H groups in total. The standard InChI is InChI=1S/C21H28N6.HI/c1-22-21(27-10-9-18-5-3-4-6-19(18)27)24-16-17-7-8-20(23-15-17)26-13-11-25(2)12-14-26;/h3-8,15H,9-14,16H2,1-2H3,(H,22,24);1H. The molecule has 1 aromatic carbocycles. The van der Waals surface area contributed by atoms with Crippen molar-refractivity contribution in [3.63, 3.8) is 0 Å². The highest BCUT2D eigenvalue weighted by Crippen LogP contribution is 2.27. The third-order valence-electron chi connectivity index (χ3n) is 5.44. The highest BCUT2D eigenvalue weighted by atomic mass is 127. The van der Waals surface area contributed by atoms with Crippen LogP contribution in [0.5, 0.6) is 0 Å². The zero-order chi connectivity index (χ0) is 18.6. The Kier molecular flexibility index (Phi) is 7.12. The van der Waals surface area contributed by atoms with E-state index in [1.807, 2.05) is 13.2 Å². The number of halogens is 1. The van der Waals surface area contributed by atoms with Gasteiger partial charge in [0.25, 0.3) is 0 Å². The summed E-state index contributed by atoms with van der Waals surface area (Å²) in [6, 6.07) is 12.9. The van der Waals surface area contributed by atoms with Gasteiger partial charge in [-0.15, -0.1) is 24.0 Å². The van der Waals surface area contributed by atoms with E-state index < -0.39 is 0 Å². The number of nitrogens with zero attached hydrogens (tertiary/aromatic N) is 5. The molecular formula is C21H29IN6. The predicted octanol–water partition coefficient (Wildman–Crippen LogP) is 2.59. The Labute approximate surface area is 184 Å². The summed E-state index contributed by atoms with van der Waals surface area (Å²) in [5, 5.41) is 3.49. The van der Waals surface area contributed by atoms with Crippen LogP contribution in [0.3, 0.4) is 0 Å². The van der Waals surface area contributed by atoms with Crippen LogP contribution in [0, 0.1) is 0 Å². The average Bonchev–Trinajstić information content (AvgIpc) is 3.14. The van der Waals surface area contributed by atoms with Gasteiger partial charge in [-0.05, 0) is 36.7 Å². The minimum absolute atomic E-state index is 0. The summed E-state index contributed by atoms with van der Waals surface area (Å²) >= 11 is 0. The van der Waals surface area contributed by atoms with Crippen LogP contribution >= 0.6 is 24.0 Å². The second-order valence-corrected chi connectivity index (χ2v) is 7.25. The van der Waals surface area contributed by atoms with Crippen molar-refractivity contribution >= 4 is 41.4 Å². The van der Waals surface area contributed by atoms with Crippen molar-refractivity contribution in [3.05, 3.63) is 53.7 Å². The Morgan fingerprint density at radius 3 is 2.57 bits per heavy atom. The van der Waals surface area contributed by atoms with Crippen LogP contribution in [0.1, 0.15) is 11.1 Å². The number of pyridine rings is 1. The summed E-state index contributed by atoms with van der Waals surface area (Å²) in [6.07, 6.45) is 3.05. The minimum atomic E-state index is 0. The van der Waals surface area contributed by atoms with E-state index in [4.69, 9.17) is 0 Å². The number of piperazine rings is 1. The maximum Gasteiger partial charge on any atom is 0.198 e. The van der Waals surface area contributed by atoms with Gasteiger partial charge in [0.2, 0.25) is 0 Å². The molecule has 0 radical (unpaired) electrons. The Bertz CT molecular complexity index is 799. The van der Waals surface area contributed by atoms with E-state index in [0.717, 1.165) is 57.5 Å². The summed E-state index contributed by atoms with van der Waals surface area (Å²) < 4.78 is 0. The van der Waals surface area contributed by atoms with Crippen LogP contribution in [0.15, 0.2) is 47.6 Å². The molecule has 3 heterocycles. The highest BCUT2D eigenvalue weighted by molar-refractivity contribution is 14.0. The van der Waals surface area contributed by atoms with E-state index in [1.54, 1.807) is 0 Å². The molecule has 2 aliphatic rings. The maximum atomic E-state index is 4.68. The van der Waals surface area contributed by atoms with Crippen molar-refractivity contribution in [3.8, 4) is 0 Å². The molecule has 4 rings (SSSR count). The molecule has 0 amide bonds. The van der Waals surface area contributed by atoms with Gasteiger partial charge in [-0.1, -0.05) is 24.3 Å². The molecule has 7 heteroatoms. The zero-order valence-electron chi connectivity index (χ0n) is 16.6. The van der Waals surface area contributed by atoms with E-state index in [0.29, 0.717) is 0 Å². The molecule has 2 aliphatic heterocycles. The molecule has 1 fully saturated rings. The molecule has 0 saturated carbocycles. The summed E-state index contributed by atoms with van der Waals surface area (Å²) in [5.74, 6) is 1.99. The van der Waals surface area contributed by atoms with E-state index in [2.05, 4.69) is 73.4 Å². The molecule has 6 nitrogen and oxygen atoms in total. The second kappa shape index (κ2) is 9.56.